The van der Waals surface area contributed by atoms with Crippen molar-refractivity contribution < 1.29 is 23.8 Å². The van der Waals surface area contributed by atoms with Crippen LogP contribution in [0.2, 0.25) is 0 Å². The number of rotatable bonds is 8. The van der Waals surface area contributed by atoms with E-state index in [1.807, 2.05) is 23.1 Å². The summed E-state index contributed by atoms with van der Waals surface area (Å²) in [6.45, 7) is 6.02. The smallest absolute Gasteiger partial charge is 0.260 e. The summed E-state index contributed by atoms with van der Waals surface area (Å²) < 4.78 is 16.4. The minimum absolute atomic E-state index is 0.0290. The molecule has 0 radical (unpaired) electrons. The standard InChI is InChI=1S/C27H33N3O5/c1-33-25-20-23(9-10-24(25)35-21-26(31)29-16-18-34-19-17-29)27(32)30-14-12-28(13-15-30)11-5-8-22-6-3-2-4-7-22/h2-10,20H,11-19,21H2,1H3/b8-5+. The third kappa shape index (κ3) is 6.83. The van der Waals surface area contributed by atoms with Gasteiger partial charge in [0.2, 0.25) is 0 Å². The highest BCUT2D eigenvalue weighted by molar-refractivity contribution is 5.95. The molecular weight excluding hydrogens is 446 g/mol. The molecule has 35 heavy (non-hydrogen) atoms. The van der Waals surface area contributed by atoms with Gasteiger partial charge in [-0.2, -0.15) is 0 Å². The molecule has 0 saturated carbocycles. The lowest BCUT2D eigenvalue weighted by Gasteiger charge is -2.34. The fourth-order valence-electron chi connectivity index (χ4n) is 4.18. The van der Waals surface area contributed by atoms with E-state index >= 15 is 0 Å². The molecule has 2 aromatic carbocycles. The Hall–Kier alpha value is -3.36. The highest BCUT2D eigenvalue weighted by Crippen LogP contribution is 2.29. The van der Waals surface area contributed by atoms with Crippen LogP contribution in [0.25, 0.3) is 6.08 Å². The average molecular weight is 480 g/mol. The van der Waals surface area contributed by atoms with Crippen LogP contribution >= 0.6 is 0 Å². The lowest BCUT2D eigenvalue weighted by molar-refractivity contribution is -0.137. The van der Waals surface area contributed by atoms with Crippen LogP contribution in [0.1, 0.15) is 15.9 Å². The lowest BCUT2D eigenvalue weighted by Crippen LogP contribution is -2.48. The first-order chi connectivity index (χ1) is 17.1. The molecule has 2 aliphatic rings. The molecule has 0 spiro atoms. The summed E-state index contributed by atoms with van der Waals surface area (Å²) in [6.07, 6.45) is 4.29. The number of methoxy groups -OCH3 is 1. The van der Waals surface area contributed by atoms with Gasteiger partial charge in [0, 0.05) is 51.4 Å². The second kappa shape index (κ2) is 12.4. The Balaban J connectivity index is 1.27. The van der Waals surface area contributed by atoms with Crippen molar-refractivity contribution in [3.63, 3.8) is 0 Å². The summed E-state index contributed by atoms with van der Waals surface area (Å²) in [4.78, 5) is 31.4. The lowest BCUT2D eigenvalue weighted by atomic mass is 10.1. The van der Waals surface area contributed by atoms with E-state index in [1.54, 1.807) is 23.1 Å². The van der Waals surface area contributed by atoms with Gasteiger partial charge in [-0.25, -0.2) is 0 Å². The molecule has 0 N–H and O–H groups in total. The quantitative estimate of drug-likeness (QED) is 0.579. The maximum atomic E-state index is 13.1. The number of nitrogens with zero attached hydrogens (tertiary/aromatic N) is 3. The van der Waals surface area contributed by atoms with Gasteiger partial charge >= 0.3 is 0 Å². The van der Waals surface area contributed by atoms with Gasteiger partial charge in [-0.3, -0.25) is 14.5 Å². The van der Waals surface area contributed by atoms with Gasteiger partial charge in [0.15, 0.2) is 18.1 Å². The van der Waals surface area contributed by atoms with Gasteiger partial charge in [-0.05, 0) is 23.8 Å². The normalized spacial score (nSPS) is 16.9. The van der Waals surface area contributed by atoms with Crippen molar-refractivity contribution in [3.05, 3.63) is 65.7 Å². The van der Waals surface area contributed by atoms with Crippen molar-refractivity contribution in [2.75, 3.05) is 72.7 Å². The Morgan fingerprint density at radius 2 is 1.66 bits per heavy atom. The molecule has 2 aromatic rings. The highest BCUT2D eigenvalue weighted by atomic mass is 16.5. The third-order valence-corrected chi connectivity index (χ3v) is 6.26. The molecule has 0 unspecified atom stereocenters. The average Bonchev–Trinajstić information content (AvgIpc) is 2.92. The number of ether oxygens (including phenoxy) is 3. The summed E-state index contributed by atoms with van der Waals surface area (Å²) in [6, 6.07) is 15.4. The summed E-state index contributed by atoms with van der Waals surface area (Å²) in [5.74, 6) is 0.765. The highest BCUT2D eigenvalue weighted by Gasteiger charge is 2.23. The van der Waals surface area contributed by atoms with Crippen LogP contribution in [0.3, 0.4) is 0 Å². The predicted octanol–water partition coefficient (Wildman–Crippen LogP) is 2.40. The van der Waals surface area contributed by atoms with E-state index in [4.69, 9.17) is 14.2 Å². The minimum Gasteiger partial charge on any atom is -0.493 e. The molecule has 186 valence electrons. The second-order valence-electron chi connectivity index (χ2n) is 8.55. The Bertz CT molecular complexity index is 1010. The molecule has 2 saturated heterocycles. The van der Waals surface area contributed by atoms with Gasteiger partial charge in [0.1, 0.15) is 0 Å². The molecule has 2 aliphatic heterocycles. The van der Waals surface area contributed by atoms with Crippen LogP contribution in [0.4, 0.5) is 0 Å². The summed E-state index contributed by atoms with van der Waals surface area (Å²) in [5, 5.41) is 0. The first-order valence-corrected chi connectivity index (χ1v) is 12.0. The molecule has 0 bridgehead atoms. The number of morpholine rings is 1. The zero-order valence-corrected chi connectivity index (χ0v) is 20.2. The first-order valence-electron chi connectivity index (χ1n) is 12.0. The van der Waals surface area contributed by atoms with Crippen LogP contribution in [-0.2, 0) is 9.53 Å². The molecule has 2 heterocycles. The van der Waals surface area contributed by atoms with Gasteiger partial charge in [-0.15, -0.1) is 0 Å². The topological polar surface area (TPSA) is 71.6 Å². The van der Waals surface area contributed by atoms with E-state index in [0.717, 1.165) is 19.6 Å². The van der Waals surface area contributed by atoms with E-state index in [9.17, 15) is 9.59 Å². The number of amides is 2. The molecular formula is C27H33N3O5. The number of hydrogen-bond acceptors (Lipinski definition) is 6. The number of hydrogen-bond donors (Lipinski definition) is 0. The van der Waals surface area contributed by atoms with Gasteiger partial charge < -0.3 is 24.0 Å². The molecule has 2 amide bonds. The van der Waals surface area contributed by atoms with E-state index in [-0.39, 0.29) is 18.4 Å². The van der Waals surface area contributed by atoms with Crippen molar-refractivity contribution in [1.29, 1.82) is 0 Å². The predicted molar refractivity (Wildman–Crippen MR) is 134 cm³/mol. The van der Waals surface area contributed by atoms with Crippen LogP contribution in [0.15, 0.2) is 54.6 Å². The van der Waals surface area contributed by atoms with E-state index in [0.29, 0.717) is 56.5 Å². The number of carbonyl (C=O) groups is 2. The summed E-state index contributed by atoms with van der Waals surface area (Å²) in [5.41, 5.74) is 1.74. The third-order valence-electron chi connectivity index (χ3n) is 6.26. The largest absolute Gasteiger partial charge is 0.493 e. The SMILES string of the molecule is COc1cc(C(=O)N2CCN(C/C=C/c3ccccc3)CC2)ccc1OCC(=O)N1CCOCC1. The number of benzene rings is 2. The Kier molecular flexibility index (Phi) is 8.75. The van der Waals surface area contributed by atoms with E-state index < -0.39 is 0 Å². The molecule has 0 aliphatic carbocycles. The van der Waals surface area contributed by atoms with Gasteiger partial charge in [-0.1, -0.05) is 42.5 Å². The van der Waals surface area contributed by atoms with Crippen LogP contribution in [-0.4, -0.2) is 99.3 Å². The minimum atomic E-state index is -0.0907. The Morgan fingerprint density at radius 3 is 2.37 bits per heavy atom. The maximum Gasteiger partial charge on any atom is 0.260 e. The fraction of sp³-hybridized carbons (Fsp3) is 0.407. The van der Waals surface area contributed by atoms with Crippen LogP contribution < -0.4 is 9.47 Å². The number of piperazine rings is 1. The Labute approximate surface area is 206 Å². The zero-order valence-electron chi connectivity index (χ0n) is 20.2. The summed E-state index contributed by atoms with van der Waals surface area (Å²) >= 11 is 0. The molecule has 0 aromatic heterocycles. The molecule has 8 nitrogen and oxygen atoms in total. The van der Waals surface area contributed by atoms with Crippen molar-refractivity contribution in [1.82, 2.24) is 14.7 Å². The van der Waals surface area contributed by atoms with Crippen molar-refractivity contribution in [3.8, 4) is 11.5 Å². The zero-order chi connectivity index (χ0) is 24.5. The second-order valence-corrected chi connectivity index (χ2v) is 8.55. The van der Waals surface area contributed by atoms with Crippen LogP contribution in [0.5, 0.6) is 11.5 Å². The van der Waals surface area contributed by atoms with Gasteiger partial charge in [0.25, 0.3) is 11.8 Å². The maximum absolute atomic E-state index is 13.1. The van der Waals surface area contributed by atoms with Crippen molar-refractivity contribution >= 4 is 17.9 Å². The monoisotopic (exact) mass is 479 g/mol. The number of carbonyl (C=O) groups excluding carboxylic acids is 2. The molecule has 2 fully saturated rings. The van der Waals surface area contributed by atoms with Crippen LogP contribution in [0, 0.1) is 0 Å². The van der Waals surface area contributed by atoms with E-state index in [2.05, 4.69) is 29.2 Å². The molecule has 0 atom stereocenters. The molecule has 4 rings (SSSR count). The molecule has 8 heteroatoms. The first kappa shape index (κ1) is 24.8. The van der Waals surface area contributed by atoms with E-state index in [1.165, 1.54) is 12.7 Å². The van der Waals surface area contributed by atoms with Crippen molar-refractivity contribution in [2.24, 2.45) is 0 Å². The summed E-state index contributed by atoms with van der Waals surface area (Å²) in [7, 11) is 1.53. The van der Waals surface area contributed by atoms with Crippen molar-refractivity contribution in [2.45, 2.75) is 0 Å². The van der Waals surface area contributed by atoms with Gasteiger partial charge in [0.05, 0.1) is 20.3 Å². The Morgan fingerprint density at radius 1 is 0.914 bits per heavy atom. The fourth-order valence-corrected chi connectivity index (χ4v) is 4.18.